The van der Waals surface area contributed by atoms with Gasteiger partial charge < -0.3 is 24.6 Å². The predicted molar refractivity (Wildman–Crippen MR) is 116 cm³/mol. The Labute approximate surface area is 170 Å². The van der Waals surface area contributed by atoms with Gasteiger partial charge in [-0.25, -0.2) is 0 Å². The molecule has 2 rings (SSSR count). The van der Waals surface area contributed by atoms with Gasteiger partial charge in [0.1, 0.15) is 11.5 Å². The van der Waals surface area contributed by atoms with Crippen LogP contribution in [0.2, 0.25) is 0 Å². The van der Waals surface area contributed by atoms with E-state index in [1.165, 1.54) is 38.9 Å². The molecule has 1 aromatic rings. The second kappa shape index (κ2) is 11.8. The quantitative estimate of drug-likeness (QED) is 0.399. The van der Waals surface area contributed by atoms with Gasteiger partial charge in [0.05, 0.1) is 14.2 Å². The third-order valence-electron chi connectivity index (χ3n) is 5.54. The van der Waals surface area contributed by atoms with Crippen molar-refractivity contribution in [2.45, 2.75) is 39.2 Å². The second-order valence-electron chi connectivity index (χ2n) is 7.74. The first-order valence-electron chi connectivity index (χ1n) is 10.4. The number of guanidine groups is 1. The van der Waals surface area contributed by atoms with Crippen LogP contribution in [0.3, 0.4) is 0 Å². The lowest BCUT2D eigenvalue weighted by atomic mass is 9.99. The van der Waals surface area contributed by atoms with Crippen molar-refractivity contribution in [3.8, 4) is 11.5 Å². The molecular weight excluding hydrogens is 352 g/mol. The van der Waals surface area contributed by atoms with Crippen LogP contribution in [0.25, 0.3) is 0 Å². The summed E-state index contributed by atoms with van der Waals surface area (Å²) >= 11 is 0. The Morgan fingerprint density at radius 2 is 1.96 bits per heavy atom. The van der Waals surface area contributed by atoms with E-state index in [0.29, 0.717) is 0 Å². The van der Waals surface area contributed by atoms with Crippen LogP contribution in [0.15, 0.2) is 23.2 Å². The number of piperidine rings is 1. The first-order valence-corrected chi connectivity index (χ1v) is 10.4. The van der Waals surface area contributed by atoms with Crippen LogP contribution >= 0.6 is 0 Å². The number of ether oxygens (including phenoxy) is 2. The third-order valence-corrected chi connectivity index (χ3v) is 5.54. The van der Waals surface area contributed by atoms with E-state index in [0.717, 1.165) is 48.5 Å². The average molecular weight is 391 g/mol. The number of methoxy groups -OCH3 is 2. The molecule has 0 aromatic heterocycles. The zero-order valence-corrected chi connectivity index (χ0v) is 18.3. The molecular formula is C22H38N4O2. The lowest BCUT2D eigenvalue weighted by molar-refractivity contribution is 0.189. The maximum Gasteiger partial charge on any atom is 0.193 e. The number of benzene rings is 1. The number of aliphatic imine (C=N–C) groups is 1. The molecule has 0 radical (unpaired) electrons. The molecule has 0 atom stereocenters. The number of hydrogen-bond acceptors (Lipinski definition) is 4. The Kier molecular flexibility index (Phi) is 9.41. The fraction of sp³-hybridized carbons (Fsp3) is 0.682. The smallest absolute Gasteiger partial charge is 0.193 e. The molecule has 0 amide bonds. The van der Waals surface area contributed by atoms with Crippen LogP contribution in [-0.2, 0) is 6.54 Å². The van der Waals surface area contributed by atoms with E-state index in [1.807, 2.05) is 32.3 Å². The monoisotopic (exact) mass is 390 g/mol. The summed E-state index contributed by atoms with van der Waals surface area (Å²) in [6.45, 7) is 7.78. The minimum Gasteiger partial charge on any atom is -0.497 e. The molecule has 0 bridgehead atoms. The Hall–Kier alpha value is -1.95. The number of likely N-dealkylation sites (tertiary alicyclic amines) is 1. The minimum atomic E-state index is 0.721. The molecule has 1 saturated heterocycles. The van der Waals surface area contributed by atoms with Gasteiger partial charge in [-0.2, -0.15) is 0 Å². The normalized spacial score (nSPS) is 16.1. The van der Waals surface area contributed by atoms with Gasteiger partial charge in [-0.15, -0.1) is 0 Å². The van der Waals surface area contributed by atoms with Gasteiger partial charge in [0.25, 0.3) is 0 Å². The highest BCUT2D eigenvalue weighted by Crippen LogP contribution is 2.25. The summed E-state index contributed by atoms with van der Waals surface area (Å²) in [6.07, 6.45) is 5.09. The van der Waals surface area contributed by atoms with Crippen LogP contribution < -0.4 is 14.8 Å². The van der Waals surface area contributed by atoms with Crippen molar-refractivity contribution in [1.82, 2.24) is 15.1 Å². The number of unbranched alkanes of at least 4 members (excludes halogenated alkanes) is 1. The van der Waals surface area contributed by atoms with E-state index >= 15 is 0 Å². The summed E-state index contributed by atoms with van der Waals surface area (Å²) < 4.78 is 10.8. The molecule has 0 unspecified atom stereocenters. The molecule has 1 aliphatic rings. The zero-order valence-electron chi connectivity index (χ0n) is 18.3. The molecule has 1 heterocycles. The highest BCUT2D eigenvalue weighted by Gasteiger charge is 2.15. The molecule has 1 N–H and O–H groups in total. The number of nitrogens with zero attached hydrogens (tertiary/aromatic N) is 3. The average Bonchev–Trinajstić information content (AvgIpc) is 2.72. The Morgan fingerprint density at radius 1 is 1.21 bits per heavy atom. The van der Waals surface area contributed by atoms with E-state index in [9.17, 15) is 0 Å². The van der Waals surface area contributed by atoms with Crippen LogP contribution in [0, 0.1) is 5.92 Å². The van der Waals surface area contributed by atoms with Crippen molar-refractivity contribution in [2.75, 3.05) is 54.5 Å². The van der Waals surface area contributed by atoms with Crippen molar-refractivity contribution in [2.24, 2.45) is 10.9 Å². The maximum atomic E-state index is 5.51. The van der Waals surface area contributed by atoms with Crippen molar-refractivity contribution in [3.63, 3.8) is 0 Å². The lowest BCUT2D eigenvalue weighted by Crippen LogP contribution is -2.39. The molecule has 0 spiro atoms. The van der Waals surface area contributed by atoms with E-state index in [2.05, 4.69) is 27.0 Å². The van der Waals surface area contributed by atoms with Crippen molar-refractivity contribution in [1.29, 1.82) is 0 Å². The third kappa shape index (κ3) is 6.89. The Morgan fingerprint density at radius 3 is 2.61 bits per heavy atom. The molecule has 0 saturated carbocycles. The molecule has 6 nitrogen and oxygen atoms in total. The van der Waals surface area contributed by atoms with Gasteiger partial charge in [0, 0.05) is 38.8 Å². The van der Waals surface area contributed by atoms with E-state index in [1.54, 1.807) is 14.2 Å². The van der Waals surface area contributed by atoms with Crippen LogP contribution in [0.4, 0.5) is 0 Å². The van der Waals surface area contributed by atoms with Crippen molar-refractivity contribution < 1.29 is 9.47 Å². The van der Waals surface area contributed by atoms with Gasteiger partial charge >= 0.3 is 0 Å². The topological polar surface area (TPSA) is 49.3 Å². The Balaban J connectivity index is 1.73. The summed E-state index contributed by atoms with van der Waals surface area (Å²) in [7, 11) is 7.24. The summed E-state index contributed by atoms with van der Waals surface area (Å²) in [5, 5.41) is 3.49. The first kappa shape index (κ1) is 22.3. The van der Waals surface area contributed by atoms with Gasteiger partial charge in [0.15, 0.2) is 5.96 Å². The van der Waals surface area contributed by atoms with Gasteiger partial charge in [-0.05, 0) is 63.4 Å². The van der Waals surface area contributed by atoms with E-state index in [-0.39, 0.29) is 0 Å². The van der Waals surface area contributed by atoms with Gasteiger partial charge in [-0.1, -0.05) is 6.92 Å². The molecule has 0 aliphatic carbocycles. The largest absolute Gasteiger partial charge is 0.497 e. The summed E-state index contributed by atoms with van der Waals surface area (Å²) in [5.74, 6) is 3.44. The number of rotatable bonds is 9. The second-order valence-corrected chi connectivity index (χ2v) is 7.74. The standard InChI is InChI=1S/C22H38N4O2/c1-18-10-14-26(15-11-18)13-7-6-12-24-22(23-2)25(3)17-19-8-9-20(27-4)16-21(19)28-5/h8-9,16,18H,6-7,10-15,17H2,1-5H3,(H,23,24). The molecule has 28 heavy (non-hydrogen) atoms. The number of hydrogen-bond donors (Lipinski definition) is 1. The highest BCUT2D eigenvalue weighted by molar-refractivity contribution is 5.79. The van der Waals surface area contributed by atoms with Gasteiger partial charge in [-0.3, -0.25) is 4.99 Å². The zero-order chi connectivity index (χ0) is 20.4. The fourth-order valence-corrected chi connectivity index (χ4v) is 3.64. The summed E-state index contributed by atoms with van der Waals surface area (Å²) in [6, 6.07) is 5.92. The van der Waals surface area contributed by atoms with Gasteiger partial charge in [0.2, 0.25) is 0 Å². The Bertz CT molecular complexity index is 613. The minimum absolute atomic E-state index is 0.721. The predicted octanol–water partition coefficient (Wildman–Crippen LogP) is 3.22. The summed E-state index contributed by atoms with van der Waals surface area (Å²) in [4.78, 5) is 9.15. The van der Waals surface area contributed by atoms with Crippen molar-refractivity contribution >= 4 is 5.96 Å². The molecule has 1 aliphatic heterocycles. The molecule has 1 fully saturated rings. The van der Waals surface area contributed by atoms with E-state index < -0.39 is 0 Å². The fourth-order valence-electron chi connectivity index (χ4n) is 3.64. The van der Waals surface area contributed by atoms with E-state index in [4.69, 9.17) is 9.47 Å². The molecule has 158 valence electrons. The highest BCUT2D eigenvalue weighted by atomic mass is 16.5. The molecule has 1 aromatic carbocycles. The van der Waals surface area contributed by atoms with Crippen molar-refractivity contribution in [3.05, 3.63) is 23.8 Å². The lowest BCUT2D eigenvalue weighted by Gasteiger charge is -2.30. The molecule has 6 heteroatoms. The first-order chi connectivity index (χ1) is 13.6. The van der Waals surface area contributed by atoms with Crippen LogP contribution in [0.1, 0.15) is 38.2 Å². The number of nitrogens with one attached hydrogen (secondary N) is 1. The summed E-state index contributed by atoms with van der Waals surface area (Å²) in [5.41, 5.74) is 1.10. The van der Waals surface area contributed by atoms with Crippen LogP contribution in [-0.4, -0.2) is 70.3 Å². The van der Waals surface area contributed by atoms with Crippen LogP contribution in [0.5, 0.6) is 11.5 Å². The maximum absolute atomic E-state index is 5.51. The SMILES string of the molecule is CN=C(NCCCCN1CCC(C)CC1)N(C)Cc1ccc(OC)cc1OC.